The van der Waals surface area contributed by atoms with Crippen molar-refractivity contribution < 1.29 is 4.74 Å². The van der Waals surface area contributed by atoms with Crippen LogP contribution in [0.4, 0.5) is 0 Å². The molecule has 1 saturated carbocycles. The van der Waals surface area contributed by atoms with Gasteiger partial charge >= 0.3 is 0 Å². The molecule has 0 bridgehead atoms. The van der Waals surface area contributed by atoms with Gasteiger partial charge in [-0.1, -0.05) is 47.0 Å². The second-order valence-electron chi connectivity index (χ2n) is 4.15. The minimum Gasteiger partial charge on any atom is -0.374 e. The number of ether oxygens (including phenoxy) is 1. The molecule has 1 fully saturated rings. The molecule has 1 atom stereocenters. The van der Waals surface area contributed by atoms with Gasteiger partial charge in [-0.2, -0.15) is 0 Å². The van der Waals surface area contributed by atoms with Crippen molar-refractivity contribution in [3.8, 4) is 0 Å². The first-order valence-corrected chi connectivity index (χ1v) is 6.38. The van der Waals surface area contributed by atoms with Gasteiger partial charge in [0.15, 0.2) is 0 Å². The standard InChI is InChI=1S/C12H17BrO/c13-11-5-3-4-10(8-11)9-14-12-6-1-2-7-12/h3-5,11-12H,1-2,6-9H2. The van der Waals surface area contributed by atoms with Gasteiger partial charge in [-0.15, -0.1) is 0 Å². The van der Waals surface area contributed by atoms with E-state index < -0.39 is 0 Å². The maximum atomic E-state index is 5.87. The summed E-state index contributed by atoms with van der Waals surface area (Å²) in [5.41, 5.74) is 1.42. The van der Waals surface area contributed by atoms with Gasteiger partial charge in [-0.05, 0) is 24.8 Å². The van der Waals surface area contributed by atoms with Crippen molar-refractivity contribution in [2.75, 3.05) is 6.61 Å². The Bertz CT molecular complexity index is 239. The topological polar surface area (TPSA) is 9.23 Å². The quantitative estimate of drug-likeness (QED) is 0.702. The molecule has 1 unspecified atom stereocenters. The number of allylic oxidation sites excluding steroid dienone is 3. The highest BCUT2D eigenvalue weighted by atomic mass is 79.9. The first kappa shape index (κ1) is 10.4. The Hall–Kier alpha value is -0.0800. The maximum Gasteiger partial charge on any atom is 0.0684 e. The fourth-order valence-corrected chi connectivity index (χ4v) is 2.68. The minimum absolute atomic E-state index is 0.509. The van der Waals surface area contributed by atoms with Crippen molar-refractivity contribution in [1.29, 1.82) is 0 Å². The Labute approximate surface area is 94.3 Å². The van der Waals surface area contributed by atoms with Crippen LogP contribution in [-0.4, -0.2) is 17.5 Å². The largest absolute Gasteiger partial charge is 0.374 e. The zero-order valence-electron chi connectivity index (χ0n) is 8.42. The summed E-state index contributed by atoms with van der Waals surface area (Å²) in [6.07, 6.45) is 13.4. The highest BCUT2D eigenvalue weighted by Crippen LogP contribution is 2.24. The third-order valence-electron chi connectivity index (χ3n) is 2.92. The van der Waals surface area contributed by atoms with Crippen LogP contribution in [0.2, 0.25) is 0 Å². The fraction of sp³-hybridized carbons (Fsp3) is 0.667. The van der Waals surface area contributed by atoms with Gasteiger partial charge in [-0.25, -0.2) is 0 Å². The van der Waals surface area contributed by atoms with E-state index in [0.717, 1.165) is 13.0 Å². The summed E-state index contributed by atoms with van der Waals surface area (Å²) in [5, 5.41) is 0. The Morgan fingerprint density at radius 3 is 2.86 bits per heavy atom. The fourth-order valence-electron chi connectivity index (χ4n) is 2.09. The molecular weight excluding hydrogens is 240 g/mol. The van der Waals surface area contributed by atoms with Gasteiger partial charge in [0, 0.05) is 4.83 Å². The molecule has 0 aromatic heterocycles. The van der Waals surface area contributed by atoms with Crippen molar-refractivity contribution >= 4 is 15.9 Å². The SMILES string of the molecule is BrC1C=CC=C(COC2CCCC2)C1. The van der Waals surface area contributed by atoms with E-state index in [-0.39, 0.29) is 0 Å². The normalized spacial score (nSPS) is 28.1. The van der Waals surface area contributed by atoms with Gasteiger partial charge in [0.05, 0.1) is 12.7 Å². The number of hydrogen-bond acceptors (Lipinski definition) is 1. The highest BCUT2D eigenvalue weighted by Gasteiger charge is 2.16. The Kier molecular flexibility index (Phi) is 3.82. The molecule has 0 N–H and O–H groups in total. The highest BCUT2D eigenvalue weighted by molar-refractivity contribution is 9.09. The van der Waals surface area contributed by atoms with Gasteiger partial charge in [0.1, 0.15) is 0 Å². The van der Waals surface area contributed by atoms with E-state index in [1.807, 2.05) is 0 Å². The van der Waals surface area contributed by atoms with Crippen LogP contribution in [0.25, 0.3) is 0 Å². The van der Waals surface area contributed by atoms with Crippen LogP contribution in [0.3, 0.4) is 0 Å². The molecule has 2 rings (SSSR count). The van der Waals surface area contributed by atoms with Crippen molar-refractivity contribution in [1.82, 2.24) is 0 Å². The van der Waals surface area contributed by atoms with Gasteiger partial charge in [0.25, 0.3) is 0 Å². The predicted molar refractivity (Wildman–Crippen MR) is 62.8 cm³/mol. The molecule has 0 saturated heterocycles. The summed E-state index contributed by atoms with van der Waals surface area (Å²) < 4.78 is 5.87. The summed E-state index contributed by atoms with van der Waals surface area (Å²) in [6, 6.07) is 0. The number of hydrogen-bond donors (Lipinski definition) is 0. The van der Waals surface area contributed by atoms with E-state index in [1.165, 1.54) is 31.3 Å². The summed E-state index contributed by atoms with van der Waals surface area (Å²) >= 11 is 3.60. The van der Waals surface area contributed by atoms with Crippen LogP contribution in [0.15, 0.2) is 23.8 Å². The van der Waals surface area contributed by atoms with E-state index in [4.69, 9.17) is 4.74 Å². The summed E-state index contributed by atoms with van der Waals surface area (Å²) in [7, 11) is 0. The molecule has 2 aliphatic carbocycles. The third kappa shape index (κ3) is 2.96. The molecule has 0 spiro atoms. The Balaban J connectivity index is 1.74. The number of alkyl halides is 1. The molecule has 2 aliphatic rings. The number of rotatable bonds is 3. The lowest BCUT2D eigenvalue weighted by Gasteiger charge is -2.16. The first-order valence-electron chi connectivity index (χ1n) is 5.46. The van der Waals surface area contributed by atoms with Crippen LogP contribution in [0, 0.1) is 0 Å². The van der Waals surface area contributed by atoms with E-state index in [2.05, 4.69) is 34.2 Å². The van der Waals surface area contributed by atoms with Crippen molar-refractivity contribution in [3.63, 3.8) is 0 Å². The van der Waals surface area contributed by atoms with Crippen LogP contribution >= 0.6 is 15.9 Å². The summed E-state index contributed by atoms with van der Waals surface area (Å²) in [6.45, 7) is 0.830. The molecule has 14 heavy (non-hydrogen) atoms. The van der Waals surface area contributed by atoms with Gasteiger partial charge in [-0.3, -0.25) is 0 Å². The van der Waals surface area contributed by atoms with Crippen molar-refractivity contribution in [2.24, 2.45) is 0 Å². The predicted octanol–water partition coefficient (Wildman–Crippen LogP) is 3.60. The smallest absolute Gasteiger partial charge is 0.0684 e. The van der Waals surface area contributed by atoms with Crippen molar-refractivity contribution in [2.45, 2.75) is 43.0 Å². The zero-order chi connectivity index (χ0) is 9.80. The molecule has 0 radical (unpaired) electrons. The molecule has 0 aromatic carbocycles. The molecule has 0 heterocycles. The molecule has 0 amide bonds. The lowest BCUT2D eigenvalue weighted by Crippen LogP contribution is -2.12. The maximum absolute atomic E-state index is 5.87. The van der Waals surface area contributed by atoms with Crippen LogP contribution in [-0.2, 0) is 4.74 Å². The second kappa shape index (κ2) is 5.13. The molecule has 78 valence electrons. The average Bonchev–Trinajstić information content (AvgIpc) is 2.67. The van der Waals surface area contributed by atoms with Gasteiger partial charge < -0.3 is 4.74 Å². The molecular formula is C12H17BrO. The first-order chi connectivity index (χ1) is 6.84. The lowest BCUT2D eigenvalue weighted by atomic mass is 10.1. The zero-order valence-corrected chi connectivity index (χ0v) is 10.0. The average molecular weight is 257 g/mol. The third-order valence-corrected chi connectivity index (χ3v) is 3.54. The Morgan fingerprint density at radius 2 is 2.14 bits per heavy atom. The van der Waals surface area contributed by atoms with Crippen LogP contribution in [0.5, 0.6) is 0 Å². The van der Waals surface area contributed by atoms with E-state index >= 15 is 0 Å². The molecule has 1 nitrogen and oxygen atoms in total. The molecule has 0 aromatic rings. The summed E-state index contributed by atoms with van der Waals surface area (Å²) in [4.78, 5) is 0.509. The van der Waals surface area contributed by atoms with E-state index in [9.17, 15) is 0 Å². The monoisotopic (exact) mass is 256 g/mol. The number of halogens is 1. The summed E-state index contributed by atoms with van der Waals surface area (Å²) in [5.74, 6) is 0. The van der Waals surface area contributed by atoms with Crippen LogP contribution < -0.4 is 0 Å². The minimum atomic E-state index is 0.509. The Morgan fingerprint density at radius 1 is 1.36 bits per heavy atom. The van der Waals surface area contributed by atoms with E-state index in [0.29, 0.717) is 10.9 Å². The van der Waals surface area contributed by atoms with Crippen LogP contribution in [0.1, 0.15) is 32.1 Å². The van der Waals surface area contributed by atoms with Gasteiger partial charge in [0.2, 0.25) is 0 Å². The molecule has 2 heteroatoms. The van der Waals surface area contributed by atoms with Crippen molar-refractivity contribution in [3.05, 3.63) is 23.8 Å². The molecule has 0 aliphatic heterocycles. The van der Waals surface area contributed by atoms with E-state index in [1.54, 1.807) is 0 Å². The second-order valence-corrected chi connectivity index (χ2v) is 5.32. The lowest BCUT2D eigenvalue weighted by molar-refractivity contribution is 0.0740.